The molecule has 0 N–H and O–H groups in total. The van der Waals surface area contributed by atoms with E-state index in [0.717, 1.165) is 17.1 Å². The summed E-state index contributed by atoms with van der Waals surface area (Å²) in [4.78, 5) is 0. The normalized spacial score (nSPS) is 11.0. The van der Waals surface area contributed by atoms with Crippen molar-refractivity contribution in [2.24, 2.45) is 0 Å². The van der Waals surface area contributed by atoms with E-state index in [1.54, 1.807) is 17.1 Å². The van der Waals surface area contributed by atoms with Gasteiger partial charge in [0.15, 0.2) is 5.82 Å². The van der Waals surface area contributed by atoms with Crippen LogP contribution in [0.2, 0.25) is 0 Å². The third-order valence-electron chi connectivity index (χ3n) is 2.35. The molecule has 0 unspecified atom stereocenters. The highest BCUT2D eigenvalue weighted by atomic mass is 35.5. The van der Waals surface area contributed by atoms with Gasteiger partial charge in [0.1, 0.15) is 0 Å². The molecule has 0 bridgehead atoms. The first-order valence-electron chi connectivity index (χ1n) is 5.15. The molecule has 0 saturated carbocycles. The lowest BCUT2D eigenvalue weighted by Crippen LogP contribution is -2.07. The summed E-state index contributed by atoms with van der Waals surface area (Å²) in [6, 6.07) is 3.72. The monoisotopic (exact) mass is 236 g/mol. The van der Waals surface area contributed by atoms with Crippen LogP contribution < -0.4 is 0 Å². The molecule has 0 aliphatic heterocycles. The third kappa shape index (κ3) is 1.93. The van der Waals surface area contributed by atoms with E-state index in [1.165, 1.54) is 0 Å². The van der Waals surface area contributed by atoms with Gasteiger partial charge in [-0.05, 0) is 18.1 Å². The van der Waals surface area contributed by atoms with Crippen LogP contribution in [0.4, 0.5) is 0 Å². The van der Waals surface area contributed by atoms with Crippen LogP contribution in [0.5, 0.6) is 0 Å². The van der Waals surface area contributed by atoms with Gasteiger partial charge in [0.25, 0.3) is 0 Å². The third-order valence-corrected chi connectivity index (χ3v) is 2.64. The fraction of sp³-hybridized carbons (Fsp3) is 0.364. The van der Waals surface area contributed by atoms with Crippen molar-refractivity contribution in [3.05, 3.63) is 35.8 Å². The molecule has 2 aromatic rings. The Hall–Kier alpha value is -1.42. The van der Waals surface area contributed by atoms with E-state index in [1.807, 2.05) is 12.1 Å². The molecule has 4 nitrogen and oxygen atoms in total. The van der Waals surface area contributed by atoms with Crippen LogP contribution in [0.1, 0.15) is 31.0 Å². The molecule has 0 amide bonds. The van der Waals surface area contributed by atoms with Crippen LogP contribution in [0.25, 0.3) is 5.82 Å². The molecule has 0 fully saturated rings. The number of aromatic nitrogens is 4. The molecule has 0 aliphatic rings. The molecule has 0 radical (unpaired) electrons. The average molecular weight is 237 g/mol. The number of halogens is 1. The summed E-state index contributed by atoms with van der Waals surface area (Å²) < 4.78 is 1.80. The van der Waals surface area contributed by atoms with E-state index >= 15 is 0 Å². The van der Waals surface area contributed by atoms with Gasteiger partial charge in [-0.25, -0.2) is 4.68 Å². The van der Waals surface area contributed by atoms with Crippen molar-refractivity contribution in [2.45, 2.75) is 25.6 Å². The summed E-state index contributed by atoms with van der Waals surface area (Å²) in [5.74, 6) is 1.54. The largest absolute Gasteiger partial charge is 0.217 e. The van der Waals surface area contributed by atoms with E-state index in [0.29, 0.717) is 11.8 Å². The molecule has 84 valence electrons. The molecule has 16 heavy (non-hydrogen) atoms. The lowest BCUT2D eigenvalue weighted by atomic mass is 10.1. The minimum atomic E-state index is 0.346. The molecular weight excluding hydrogens is 224 g/mol. The Morgan fingerprint density at radius 1 is 1.44 bits per heavy atom. The molecule has 0 spiro atoms. The van der Waals surface area contributed by atoms with E-state index < -0.39 is 0 Å². The van der Waals surface area contributed by atoms with Crippen LogP contribution in [-0.2, 0) is 5.88 Å². The first-order valence-corrected chi connectivity index (χ1v) is 5.68. The SMILES string of the molecule is CC(C)c1c(CCl)cnn1-c1cccnn1. The topological polar surface area (TPSA) is 43.6 Å². The second kappa shape index (κ2) is 4.61. The predicted octanol–water partition coefficient (Wildman–Crippen LogP) is 2.52. The van der Waals surface area contributed by atoms with Crippen molar-refractivity contribution in [1.82, 2.24) is 20.0 Å². The molecule has 2 rings (SSSR count). The predicted molar refractivity (Wildman–Crippen MR) is 62.8 cm³/mol. The second-order valence-electron chi connectivity index (χ2n) is 3.84. The Kier molecular flexibility index (Phi) is 3.19. The summed E-state index contributed by atoms with van der Waals surface area (Å²) in [6.45, 7) is 4.22. The summed E-state index contributed by atoms with van der Waals surface area (Å²) in [6.07, 6.45) is 3.43. The number of hydrogen-bond donors (Lipinski definition) is 0. The highest BCUT2D eigenvalue weighted by molar-refractivity contribution is 6.17. The van der Waals surface area contributed by atoms with E-state index in [4.69, 9.17) is 11.6 Å². The summed E-state index contributed by atoms with van der Waals surface area (Å²) >= 11 is 5.89. The molecule has 0 atom stereocenters. The van der Waals surface area contributed by atoms with E-state index in [9.17, 15) is 0 Å². The molecule has 2 heterocycles. The molecular formula is C11H13ClN4. The van der Waals surface area contributed by atoms with Crippen molar-refractivity contribution in [3.63, 3.8) is 0 Å². The smallest absolute Gasteiger partial charge is 0.175 e. The number of hydrogen-bond acceptors (Lipinski definition) is 3. The maximum atomic E-state index is 5.89. The fourth-order valence-electron chi connectivity index (χ4n) is 1.70. The van der Waals surface area contributed by atoms with Gasteiger partial charge in [-0.2, -0.15) is 10.2 Å². The molecule has 0 aliphatic carbocycles. The van der Waals surface area contributed by atoms with Crippen LogP contribution in [-0.4, -0.2) is 20.0 Å². The Labute approximate surface area is 99.3 Å². The minimum Gasteiger partial charge on any atom is -0.217 e. The Morgan fingerprint density at radius 3 is 2.81 bits per heavy atom. The Morgan fingerprint density at radius 2 is 2.25 bits per heavy atom. The zero-order valence-corrected chi connectivity index (χ0v) is 10.0. The van der Waals surface area contributed by atoms with Gasteiger partial charge >= 0.3 is 0 Å². The van der Waals surface area contributed by atoms with Crippen LogP contribution in [0.15, 0.2) is 24.5 Å². The van der Waals surface area contributed by atoms with Gasteiger partial charge in [-0.15, -0.1) is 16.7 Å². The molecule has 0 saturated heterocycles. The van der Waals surface area contributed by atoms with Crippen LogP contribution in [0.3, 0.4) is 0 Å². The Balaban J connectivity index is 2.53. The van der Waals surface area contributed by atoms with Crippen molar-refractivity contribution in [2.75, 3.05) is 0 Å². The van der Waals surface area contributed by atoms with Gasteiger partial charge in [0, 0.05) is 11.8 Å². The second-order valence-corrected chi connectivity index (χ2v) is 4.10. The van der Waals surface area contributed by atoms with Gasteiger partial charge < -0.3 is 0 Å². The van der Waals surface area contributed by atoms with Gasteiger partial charge in [-0.3, -0.25) is 0 Å². The summed E-state index contributed by atoms with van der Waals surface area (Å²) in [5, 5.41) is 12.2. The van der Waals surface area contributed by atoms with Crippen molar-refractivity contribution in [1.29, 1.82) is 0 Å². The van der Waals surface area contributed by atoms with Crippen LogP contribution in [0, 0.1) is 0 Å². The molecule has 5 heteroatoms. The lowest BCUT2D eigenvalue weighted by Gasteiger charge is -2.10. The zero-order chi connectivity index (χ0) is 11.5. The van der Waals surface area contributed by atoms with Gasteiger partial charge in [0.2, 0.25) is 0 Å². The fourth-order valence-corrected chi connectivity index (χ4v) is 1.90. The number of alkyl halides is 1. The quantitative estimate of drug-likeness (QED) is 0.770. The van der Waals surface area contributed by atoms with Crippen LogP contribution >= 0.6 is 11.6 Å². The van der Waals surface area contributed by atoms with Crippen molar-refractivity contribution in [3.8, 4) is 5.82 Å². The number of rotatable bonds is 3. The first kappa shape index (κ1) is 11.1. The van der Waals surface area contributed by atoms with Crippen molar-refractivity contribution >= 4 is 11.6 Å². The number of nitrogens with zero attached hydrogens (tertiary/aromatic N) is 4. The Bertz CT molecular complexity index is 464. The summed E-state index contributed by atoms with van der Waals surface area (Å²) in [5.41, 5.74) is 2.14. The zero-order valence-electron chi connectivity index (χ0n) is 9.26. The van der Waals surface area contributed by atoms with E-state index in [-0.39, 0.29) is 0 Å². The van der Waals surface area contributed by atoms with Crippen molar-refractivity contribution < 1.29 is 0 Å². The van der Waals surface area contributed by atoms with E-state index in [2.05, 4.69) is 29.1 Å². The maximum Gasteiger partial charge on any atom is 0.175 e. The highest BCUT2D eigenvalue weighted by Crippen LogP contribution is 2.22. The standard InChI is InChI=1S/C11H13ClN4/c1-8(2)11-9(6-12)7-14-16(11)10-4-3-5-13-15-10/h3-5,7-8H,6H2,1-2H3. The lowest BCUT2D eigenvalue weighted by molar-refractivity contribution is 0.707. The average Bonchev–Trinajstić information content (AvgIpc) is 2.73. The molecule has 2 aromatic heterocycles. The van der Waals surface area contributed by atoms with Gasteiger partial charge in [0.05, 0.1) is 17.8 Å². The maximum absolute atomic E-state index is 5.89. The minimum absolute atomic E-state index is 0.346. The first-order chi connectivity index (χ1) is 7.74. The van der Waals surface area contributed by atoms with Gasteiger partial charge in [-0.1, -0.05) is 13.8 Å². The molecule has 0 aromatic carbocycles. The summed E-state index contributed by atoms with van der Waals surface area (Å²) in [7, 11) is 0. The highest BCUT2D eigenvalue weighted by Gasteiger charge is 2.15.